The summed E-state index contributed by atoms with van der Waals surface area (Å²) in [4.78, 5) is 19.4. The Balaban J connectivity index is 1.76. The molecule has 0 radical (unpaired) electrons. The average Bonchev–Trinajstić information content (AvgIpc) is 3.53. The zero-order valence-electron chi connectivity index (χ0n) is 21.6. The predicted molar refractivity (Wildman–Crippen MR) is 156 cm³/mol. The van der Waals surface area contributed by atoms with E-state index in [0.29, 0.717) is 18.6 Å². The van der Waals surface area contributed by atoms with Crippen molar-refractivity contribution in [1.29, 1.82) is 0 Å². The highest BCUT2D eigenvalue weighted by Crippen LogP contribution is 2.65. The smallest absolute Gasteiger partial charge is 0.134 e. The molecule has 0 saturated carbocycles. The van der Waals surface area contributed by atoms with E-state index in [9.17, 15) is 4.79 Å². The van der Waals surface area contributed by atoms with Gasteiger partial charge in [0.15, 0.2) is 0 Å². The maximum Gasteiger partial charge on any atom is 0.134 e. The molecule has 1 fully saturated rings. The highest BCUT2D eigenvalue weighted by molar-refractivity contribution is 7.69. The SMILES string of the molecule is CC1(C)CC(=O)CC(C)(C)P1c1ccc(Cc2ccccc2)cc1C(P)(c1cc[nH]c1)c1cc[nH]c1. The molecule has 1 aliphatic rings. The number of carbonyl (C=O) groups is 1. The molecule has 2 N–H and O–H groups in total. The molecule has 1 unspecified atom stereocenters. The zero-order chi connectivity index (χ0) is 25.6. The Morgan fingerprint density at radius 1 is 0.833 bits per heavy atom. The summed E-state index contributed by atoms with van der Waals surface area (Å²) in [7, 11) is 2.58. The summed E-state index contributed by atoms with van der Waals surface area (Å²) >= 11 is 0. The third kappa shape index (κ3) is 4.53. The second-order valence-corrected chi connectivity index (χ2v) is 15.8. The van der Waals surface area contributed by atoms with E-state index in [1.807, 2.05) is 12.4 Å². The normalized spacial score (nSPS) is 17.9. The van der Waals surface area contributed by atoms with Crippen molar-refractivity contribution in [2.24, 2.45) is 0 Å². The average molecular weight is 515 g/mol. The van der Waals surface area contributed by atoms with Gasteiger partial charge in [0, 0.05) is 37.6 Å². The Morgan fingerprint density at radius 3 is 1.94 bits per heavy atom. The highest BCUT2D eigenvalue weighted by Gasteiger charge is 2.49. The van der Waals surface area contributed by atoms with Crippen LogP contribution in [0.1, 0.15) is 68.4 Å². The molecule has 0 spiro atoms. The van der Waals surface area contributed by atoms with E-state index < -0.39 is 13.1 Å². The number of benzene rings is 2. The van der Waals surface area contributed by atoms with Crippen LogP contribution in [0.25, 0.3) is 0 Å². The van der Waals surface area contributed by atoms with Crippen LogP contribution in [-0.4, -0.2) is 26.1 Å². The van der Waals surface area contributed by atoms with Crippen molar-refractivity contribution in [3.63, 3.8) is 0 Å². The first-order chi connectivity index (χ1) is 17.1. The third-order valence-electron chi connectivity index (χ3n) is 7.55. The zero-order valence-corrected chi connectivity index (χ0v) is 23.7. The lowest BCUT2D eigenvalue weighted by Gasteiger charge is -2.50. The highest BCUT2D eigenvalue weighted by atomic mass is 31.1. The Bertz CT molecular complexity index is 1280. The Labute approximate surface area is 218 Å². The van der Waals surface area contributed by atoms with Crippen molar-refractivity contribution in [1.82, 2.24) is 9.97 Å². The molecule has 0 amide bonds. The lowest BCUT2D eigenvalue weighted by Crippen LogP contribution is -2.45. The number of ketones is 1. The van der Waals surface area contributed by atoms with E-state index >= 15 is 0 Å². The van der Waals surface area contributed by atoms with Gasteiger partial charge in [-0.25, -0.2) is 0 Å². The minimum atomic E-state index is -0.643. The van der Waals surface area contributed by atoms with Crippen LogP contribution in [0.15, 0.2) is 85.5 Å². The topological polar surface area (TPSA) is 48.6 Å². The maximum absolute atomic E-state index is 12.8. The van der Waals surface area contributed by atoms with Gasteiger partial charge in [0.25, 0.3) is 0 Å². The predicted octanol–water partition coefficient (Wildman–Crippen LogP) is 7.13. The first kappa shape index (κ1) is 25.2. The third-order valence-corrected chi connectivity index (χ3v) is 12.1. The molecule has 1 atom stereocenters. The van der Waals surface area contributed by atoms with Crippen LogP contribution < -0.4 is 5.30 Å². The number of H-pyrrole nitrogens is 2. The Morgan fingerprint density at radius 2 is 1.42 bits per heavy atom. The van der Waals surface area contributed by atoms with E-state index in [4.69, 9.17) is 0 Å². The summed E-state index contributed by atoms with van der Waals surface area (Å²) in [5.74, 6) is 0.388. The van der Waals surface area contributed by atoms with Gasteiger partial charge < -0.3 is 9.97 Å². The van der Waals surface area contributed by atoms with Gasteiger partial charge in [0.2, 0.25) is 0 Å². The number of carbonyl (C=O) groups excluding carboxylic acids is 1. The lowest BCUT2D eigenvalue weighted by atomic mass is 9.85. The largest absolute Gasteiger partial charge is 0.367 e. The summed E-state index contributed by atoms with van der Waals surface area (Å²) in [6.07, 6.45) is 10.4. The Kier molecular flexibility index (Phi) is 6.61. The van der Waals surface area contributed by atoms with Gasteiger partial charge in [-0.3, -0.25) is 4.79 Å². The number of aromatic nitrogens is 2. The van der Waals surface area contributed by atoms with Gasteiger partial charge in [-0.1, -0.05) is 84.1 Å². The number of aromatic amines is 2. The van der Waals surface area contributed by atoms with Crippen molar-refractivity contribution in [2.45, 2.75) is 62.4 Å². The molecule has 1 saturated heterocycles. The molecule has 0 bridgehead atoms. The first-order valence-corrected chi connectivity index (χ1v) is 14.6. The van der Waals surface area contributed by atoms with E-state index in [1.165, 1.54) is 33.1 Å². The first-order valence-electron chi connectivity index (χ1n) is 12.7. The van der Waals surface area contributed by atoms with Gasteiger partial charge in [-0.2, -0.15) is 0 Å². The quantitative estimate of drug-likeness (QED) is 0.264. The summed E-state index contributed by atoms with van der Waals surface area (Å²) < 4.78 is 0. The van der Waals surface area contributed by atoms with Crippen molar-refractivity contribution in [2.75, 3.05) is 0 Å². The van der Waals surface area contributed by atoms with Crippen LogP contribution in [0.4, 0.5) is 0 Å². The minimum Gasteiger partial charge on any atom is -0.367 e. The fourth-order valence-electron chi connectivity index (χ4n) is 6.31. The fourth-order valence-corrected chi connectivity index (χ4v) is 11.3. The number of nitrogens with one attached hydrogen (secondary N) is 2. The molecule has 2 aromatic carbocycles. The molecule has 3 heterocycles. The fraction of sp³-hybridized carbons (Fsp3) is 0.323. The molecular formula is C31H36N2OP2. The van der Waals surface area contributed by atoms with Crippen molar-refractivity contribution in [3.8, 4) is 0 Å². The van der Waals surface area contributed by atoms with E-state index in [2.05, 4.69) is 120 Å². The maximum atomic E-state index is 12.8. The van der Waals surface area contributed by atoms with E-state index in [0.717, 1.165) is 6.42 Å². The number of hydrogen-bond acceptors (Lipinski definition) is 1. The monoisotopic (exact) mass is 514 g/mol. The molecule has 5 rings (SSSR count). The van der Waals surface area contributed by atoms with Gasteiger partial charge in [0.1, 0.15) is 5.78 Å². The summed E-state index contributed by atoms with van der Waals surface area (Å²) in [6, 6.07) is 22.2. The molecule has 186 valence electrons. The van der Waals surface area contributed by atoms with Crippen LogP contribution in [0.3, 0.4) is 0 Å². The van der Waals surface area contributed by atoms with Gasteiger partial charge in [0.05, 0.1) is 5.16 Å². The summed E-state index contributed by atoms with van der Waals surface area (Å²) in [6.45, 7) is 9.21. The van der Waals surface area contributed by atoms with E-state index in [1.54, 1.807) is 0 Å². The molecule has 36 heavy (non-hydrogen) atoms. The number of rotatable bonds is 6. The molecule has 4 aromatic rings. The van der Waals surface area contributed by atoms with Crippen LogP contribution in [0.2, 0.25) is 0 Å². The van der Waals surface area contributed by atoms with Gasteiger partial charge in [-0.15, -0.1) is 9.24 Å². The van der Waals surface area contributed by atoms with E-state index in [-0.39, 0.29) is 10.3 Å². The molecular weight excluding hydrogens is 478 g/mol. The Hall–Kier alpha value is -2.47. The van der Waals surface area contributed by atoms with Crippen LogP contribution in [0.5, 0.6) is 0 Å². The number of hydrogen-bond donors (Lipinski definition) is 2. The van der Waals surface area contributed by atoms with Crippen molar-refractivity contribution in [3.05, 3.63) is 113 Å². The van der Waals surface area contributed by atoms with Crippen LogP contribution in [-0.2, 0) is 16.4 Å². The van der Waals surface area contributed by atoms with Gasteiger partial charge >= 0.3 is 0 Å². The van der Waals surface area contributed by atoms with Crippen LogP contribution in [0, 0.1) is 0 Å². The van der Waals surface area contributed by atoms with Gasteiger partial charge in [-0.05, 0) is 62.0 Å². The molecule has 0 aliphatic carbocycles. The summed E-state index contributed by atoms with van der Waals surface area (Å²) in [5.41, 5.74) is 6.36. The van der Waals surface area contributed by atoms with Crippen molar-refractivity contribution >= 4 is 28.2 Å². The number of Topliss-reactive ketones (excluding diaryl/α,β-unsaturated/α-hetero) is 1. The molecule has 5 heteroatoms. The van der Waals surface area contributed by atoms with Crippen LogP contribution >= 0.6 is 17.2 Å². The minimum absolute atomic E-state index is 0.0776. The molecule has 3 nitrogen and oxygen atoms in total. The molecule has 2 aromatic heterocycles. The molecule has 1 aliphatic heterocycles. The summed E-state index contributed by atoms with van der Waals surface area (Å²) in [5, 5.41) is 0.830. The standard InChI is InChI=1S/C31H36N2OP2/c1-29(2)18-26(34)19-30(3,4)36(29)28-11-10-23(16-22-8-6-5-7-9-22)17-27(28)31(35,24-12-14-32-20-24)25-13-15-33-21-25/h5-15,17,20-21,32-33H,16,18-19,35H2,1-4H3. The van der Waals surface area contributed by atoms with Crippen molar-refractivity contribution < 1.29 is 4.79 Å². The second-order valence-electron chi connectivity index (χ2n) is 11.4. The second kappa shape index (κ2) is 9.44. The lowest BCUT2D eigenvalue weighted by molar-refractivity contribution is -0.120.